The number of hydrogen-bond acceptors (Lipinski definition) is 4. The minimum atomic E-state index is -0.457. The van der Waals surface area contributed by atoms with Gasteiger partial charge in [0.05, 0.1) is 19.3 Å². The highest BCUT2D eigenvalue weighted by Gasteiger charge is 2.13. The fourth-order valence-corrected chi connectivity index (χ4v) is 2.10. The minimum Gasteiger partial charge on any atom is -0.503 e. The largest absolute Gasteiger partial charge is 0.503 e. The lowest BCUT2D eigenvalue weighted by Crippen LogP contribution is -2.26. The monoisotopic (exact) mass is 302 g/mol. The van der Waals surface area contributed by atoms with E-state index in [0.29, 0.717) is 22.7 Å². The molecule has 0 aliphatic heterocycles. The molecule has 6 heteroatoms. The van der Waals surface area contributed by atoms with Crippen LogP contribution in [-0.4, -0.2) is 22.7 Å². The van der Waals surface area contributed by atoms with Crippen LogP contribution in [0.15, 0.2) is 35.1 Å². The van der Waals surface area contributed by atoms with Crippen LogP contribution in [0.25, 0.3) is 0 Å². The third kappa shape index (κ3) is 3.11. The molecule has 22 heavy (non-hydrogen) atoms. The Hall–Kier alpha value is -2.76. The molecule has 0 saturated heterocycles. The number of nitrogens with zero attached hydrogens (tertiary/aromatic N) is 1. The number of ether oxygens (including phenoxy) is 1. The van der Waals surface area contributed by atoms with Crippen molar-refractivity contribution in [1.82, 2.24) is 9.88 Å². The fraction of sp³-hybridized carbons (Fsp3) is 0.250. The Labute approximate surface area is 128 Å². The number of nitrogens with one attached hydrogen (secondary N) is 1. The first-order chi connectivity index (χ1) is 10.4. The van der Waals surface area contributed by atoms with Crippen molar-refractivity contribution in [2.24, 2.45) is 7.05 Å². The predicted molar refractivity (Wildman–Crippen MR) is 82.2 cm³/mol. The van der Waals surface area contributed by atoms with Gasteiger partial charge >= 0.3 is 0 Å². The normalized spacial score (nSPS) is 10.3. The number of carbonyl (C=O) groups is 1. The van der Waals surface area contributed by atoms with Crippen molar-refractivity contribution in [2.45, 2.75) is 13.5 Å². The van der Waals surface area contributed by atoms with Gasteiger partial charge in [-0.1, -0.05) is 6.07 Å². The number of aromatic hydroxyl groups is 1. The zero-order chi connectivity index (χ0) is 16.3. The average Bonchev–Trinajstić information content (AvgIpc) is 2.52. The number of amides is 1. The summed E-state index contributed by atoms with van der Waals surface area (Å²) in [4.78, 5) is 23.8. The molecule has 1 aromatic heterocycles. The second kappa shape index (κ2) is 6.34. The van der Waals surface area contributed by atoms with E-state index in [1.807, 2.05) is 0 Å². The van der Waals surface area contributed by atoms with E-state index in [0.717, 1.165) is 0 Å². The molecule has 0 spiro atoms. The van der Waals surface area contributed by atoms with Crippen LogP contribution in [0.3, 0.4) is 0 Å². The van der Waals surface area contributed by atoms with Crippen molar-refractivity contribution >= 4 is 5.91 Å². The highest BCUT2D eigenvalue weighted by Crippen LogP contribution is 2.14. The number of methoxy groups -OCH3 is 1. The molecular formula is C16H18N2O4. The van der Waals surface area contributed by atoms with Gasteiger partial charge in [0.25, 0.3) is 5.91 Å². The quantitative estimate of drug-likeness (QED) is 0.893. The summed E-state index contributed by atoms with van der Waals surface area (Å²) in [7, 11) is 3.25. The van der Waals surface area contributed by atoms with E-state index >= 15 is 0 Å². The Morgan fingerprint density at radius 1 is 1.36 bits per heavy atom. The van der Waals surface area contributed by atoms with Crippen LogP contribution in [0.5, 0.6) is 11.5 Å². The summed E-state index contributed by atoms with van der Waals surface area (Å²) in [5.41, 5.74) is 1.05. The summed E-state index contributed by atoms with van der Waals surface area (Å²) in [6.45, 7) is 1.81. The van der Waals surface area contributed by atoms with Crippen molar-refractivity contribution < 1.29 is 14.6 Å². The second-order valence-electron chi connectivity index (χ2n) is 4.92. The SMILES string of the molecule is COc1cccc(C(=O)NCc2c(O)c(=O)cc(C)n2C)c1. The molecule has 1 amide bonds. The van der Waals surface area contributed by atoms with E-state index in [1.165, 1.54) is 13.2 Å². The molecule has 6 nitrogen and oxygen atoms in total. The summed E-state index contributed by atoms with van der Waals surface area (Å²) < 4.78 is 6.74. The van der Waals surface area contributed by atoms with Gasteiger partial charge in [0.1, 0.15) is 5.75 Å². The molecule has 0 radical (unpaired) electrons. The maximum atomic E-state index is 12.1. The number of carbonyl (C=O) groups excluding carboxylic acids is 1. The average molecular weight is 302 g/mol. The lowest BCUT2D eigenvalue weighted by atomic mass is 10.2. The first-order valence-corrected chi connectivity index (χ1v) is 6.74. The second-order valence-corrected chi connectivity index (χ2v) is 4.92. The van der Waals surface area contributed by atoms with E-state index < -0.39 is 5.43 Å². The van der Waals surface area contributed by atoms with Crippen LogP contribution in [0, 0.1) is 6.92 Å². The number of hydrogen-bond donors (Lipinski definition) is 2. The molecule has 116 valence electrons. The first kappa shape index (κ1) is 15.6. The third-order valence-electron chi connectivity index (χ3n) is 3.53. The molecule has 0 aliphatic carbocycles. The molecule has 0 bridgehead atoms. The van der Waals surface area contributed by atoms with Gasteiger partial charge in [0.2, 0.25) is 5.43 Å². The van der Waals surface area contributed by atoms with Crippen molar-refractivity contribution in [2.75, 3.05) is 7.11 Å². The maximum absolute atomic E-state index is 12.1. The van der Waals surface area contributed by atoms with Gasteiger partial charge < -0.3 is 19.7 Å². The smallest absolute Gasteiger partial charge is 0.251 e. The Morgan fingerprint density at radius 2 is 2.09 bits per heavy atom. The Kier molecular flexibility index (Phi) is 4.50. The number of pyridine rings is 1. The van der Waals surface area contributed by atoms with E-state index in [-0.39, 0.29) is 18.2 Å². The zero-order valence-electron chi connectivity index (χ0n) is 12.7. The van der Waals surface area contributed by atoms with E-state index in [9.17, 15) is 14.7 Å². The maximum Gasteiger partial charge on any atom is 0.251 e. The molecule has 0 atom stereocenters. The molecule has 1 aromatic carbocycles. The van der Waals surface area contributed by atoms with Gasteiger partial charge in [-0.15, -0.1) is 0 Å². The van der Waals surface area contributed by atoms with Crippen LogP contribution in [0.1, 0.15) is 21.7 Å². The highest BCUT2D eigenvalue weighted by molar-refractivity contribution is 5.94. The molecule has 0 unspecified atom stereocenters. The predicted octanol–water partition coefficient (Wildman–Crippen LogP) is 1.34. The molecule has 2 rings (SSSR count). The fourth-order valence-electron chi connectivity index (χ4n) is 2.10. The van der Waals surface area contributed by atoms with E-state index in [2.05, 4.69) is 5.32 Å². The third-order valence-corrected chi connectivity index (χ3v) is 3.53. The van der Waals surface area contributed by atoms with Gasteiger partial charge in [-0.3, -0.25) is 9.59 Å². The number of rotatable bonds is 4. The lowest BCUT2D eigenvalue weighted by molar-refractivity contribution is 0.0949. The van der Waals surface area contributed by atoms with Crippen molar-refractivity contribution in [1.29, 1.82) is 0 Å². The van der Waals surface area contributed by atoms with E-state index in [4.69, 9.17) is 4.74 Å². The number of aromatic nitrogens is 1. The molecule has 1 heterocycles. The number of benzene rings is 1. The summed E-state index contributed by atoms with van der Waals surface area (Å²) in [6, 6.07) is 8.08. The van der Waals surface area contributed by atoms with Crippen molar-refractivity contribution in [3.05, 3.63) is 57.5 Å². The summed E-state index contributed by atoms with van der Waals surface area (Å²) in [6.07, 6.45) is 0. The lowest BCUT2D eigenvalue weighted by Gasteiger charge is -2.14. The zero-order valence-corrected chi connectivity index (χ0v) is 12.7. The molecule has 2 N–H and O–H groups in total. The number of aryl methyl sites for hydroxylation is 1. The van der Waals surface area contributed by atoms with Gasteiger partial charge in [-0.2, -0.15) is 0 Å². The van der Waals surface area contributed by atoms with Crippen LogP contribution in [-0.2, 0) is 13.6 Å². The molecule has 0 fully saturated rings. The Balaban J connectivity index is 2.20. The van der Waals surface area contributed by atoms with Gasteiger partial charge in [-0.05, 0) is 25.1 Å². The van der Waals surface area contributed by atoms with Gasteiger partial charge in [-0.25, -0.2) is 0 Å². The van der Waals surface area contributed by atoms with Crippen LogP contribution in [0.4, 0.5) is 0 Å². The first-order valence-electron chi connectivity index (χ1n) is 6.74. The molecular weight excluding hydrogens is 284 g/mol. The Morgan fingerprint density at radius 3 is 2.77 bits per heavy atom. The minimum absolute atomic E-state index is 0.0509. The topological polar surface area (TPSA) is 80.6 Å². The summed E-state index contributed by atoms with van der Waals surface area (Å²) in [5.74, 6) is -0.0789. The van der Waals surface area contributed by atoms with Crippen LogP contribution >= 0.6 is 0 Å². The van der Waals surface area contributed by atoms with Gasteiger partial charge in [0, 0.05) is 24.4 Å². The standard InChI is InChI=1S/C16H18N2O4/c1-10-7-14(19)15(20)13(18(10)2)9-17-16(21)11-5-4-6-12(8-11)22-3/h4-8,20H,9H2,1-3H3,(H,17,21). The molecule has 0 saturated carbocycles. The highest BCUT2D eigenvalue weighted by atomic mass is 16.5. The van der Waals surface area contributed by atoms with Crippen molar-refractivity contribution in [3.63, 3.8) is 0 Å². The summed E-state index contributed by atoms with van der Waals surface area (Å²) in [5, 5.41) is 12.6. The summed E-state index contributed by atoms with van der Waals surface area (Å²) >= 11 is 0. The molecule has 0 aliphatic rings. The Bertz CT molecular complexity index is 765. The van der Waals surface area contributed by atoms with Crippen LogP contribution in [0.2, 0.25) is 0 Å². The molecule has 2 aromatic rings. The van der Waals surface area contributed by atoms with E-state index in [1.54, 1.807) is 42.8 Å². The van der Waals surface area contributed by atoms with Crippen LogP contribution < -0.4 is 15.5 Å². The van der Waals surface area contributed by atoms with Gasteiger partial charge in [0.15, 0.2) is 5.75 Å². The van der Waals surface area contributed by atoms with Crippen molar-refractivity contribution in [3.8, 4) is 11.5 Å².